The molecule has 2 N–H and O–H groups in total. The van der Waals surface area contributed by atoms with Gasteiger partial charge in [-0.05, 0) is 32.8 Å². The van der Waals surface area contributed by atoms with Crippen molar-refractivity contribution in [3.63, 3.8) is 0 Å². The lowest BCUT2D eigenvalue weighted by Gasteiger charge is -2.14. The molecule has 6 heteroatoms. The van der Waals surface area contributed by atoms with E-state index in [1.54, 1.807) is 6.92 Å². The number of hydrogen-bond acceptors (Lipinski definition) is 3. The summed E-state index contributed by atoms with van der Waals surface area (Å²) in [5.74, 6) is -0.448. The molecule has 0 spiro atoms. The van der Waals surface area contributed by atoms with E-state index in [-0.39, 0.29) is 11.8 Å². The van der Waals surface area contributed by atoms with Gasteiger partial charge in [0.25, 0.3) is 5.91 Å². The summed E-state index contributed by atoms with van der Waals surface area (Å²) in [6.45, 7) is 8.56. The first-order chi connectivity index (χ1) is 11.9. The Bertz CT molecular complexity index is 737. The highest BCUT2D eigenvalue weighted by Crippen LogP contribution is 2.15. The second-order valence-corrected chi connectivity index (χ2v) is 6.18. The summed E-state index contributed by atoms with van der Waals surface area (Å²) < 4.78 is 1.82. The smallest absolute Gasteiger partial charge is 0.255 e. The van der Waals surface area contributed by atoms with Gasteiger partial charge in [0.05, 0.1) is 17.8 Å². The van der Waals surface area contributed by atoms with Crippen LogP contribution in [-0.2, 0) is 11.3 Å². The molecule has 0 aliphatic carbocycles. The average molecular weight is 342 g/mol. The van der Waals surface area contributed by atoms with Crippen LogP contribution in [0.15, 0.2) is 30.3 Å². The van der Waals surface area contributed by atoms with Crippen molar-refractivity contribution >= 4 is 11.8 Å². The number of carbonyl (C=O) groups excluding carboxylic acids is 2. The van der Waals surface area contributed by atoms with E-state index < -0.39 is 6.04 Å². The van der Waals surface area contributed by atoms with Gasteiger partial charge in [0.1, 0.15) is 6.04 Å². The predicted molar refractivity (Wildman–Crippen MR) is 97.5 cm³/mol. The van der Waals surface area contributed by atoms with Crippen LogP contribution in [0.5, 0.6) is 0 Å². The second kappa shape index (κ2) is 8.46. The second-order valence-electron chi connectivity index (χ2n) is 6.18. The molecule has 134 valence electrons. The first-order valence-electron chi connectivity index (χ1n) is 8.60. The minimum Gasteiger partial charge on any atom is -0.354 e. The van der Waals surface area contributed by atoms with E-state index in [4.69, 9.17) is 0 Å². The Labute approximate surface area is 148 Å². The Balaban J connectivity index is 2.11. The van der Waals surface area contributed by atoms with Gasteiger partial charge in [-0.25, -0.2) is 0 Å². The molecular formula is C19H26N4O2. The van der Waals surface area contributed by atoms with Gasteiger partial charge in [0.15, 0.2) is 0 Å². The molecule has 0 radical (unpaired) electrons. The van der Waals surface area contributed by atoms with Crippen LogP contribution in [0.2, 0.25) is 0 Å². The fraction of sp³-hybridized carbons (Fsp3) is 0.421. The van der Waals surface area contributed by atoms with Crippen molar-refractivity contribution in [3.8, 4) is 0 Å². The van der Waals surface area contributed by atoms with Crippen LogP contribution in [0.3, 0.4) is 0 Å². The van der Waals surface area contributed by atoms with Gasteiger partial charge in [-0.2, -0.15) is 5.10 Å². The molecule has 2 rings (SSSR count). The molecule has 2 amide bonds. The van der Waals surface area contributed by atoms with Gasteiger partial charge in [-0.15, -0.1) is 0 Å². The molecule has 0 fully saturated rings. The Hall–Kier alpha value is -2.63. The zero-order chi connectivity index (χ0) is 18.4. The Morgan fingerprint density at radius 3 is 2.52 bits per heavy atom. The van der Waals surface area contributed by atoms with E-state index in [9.17, 15) is 9.59 Å². The van der Waals surface area contributed by atoms with E-state index in [1.807, 2.05) is 55.8 Å². The van der Waals surface area contributed by atoms with Crippen LogP contribution in [0, 0.1) is 13.8 Å². The minimum absolute atomic E-state index is 0.179. The lowest BCUT2D eigenvalue weighted by molar-refractivity contribution is -0.122. The summed E-state index contributed by atoms with van der Waals surface area (Å²) in [4.78, 5) is 24.5. The lowest BCUT2D eigenvalue weighted by Crippen LogP contribution is -2.45. The number of amides is 2. The molecule has 6 nitrogen and oxygen atoms in total. The molecule has 0 unspecified atom stereocenters. The van der Waals surface area contributed by atoms with Gasteiger partial charge in [-0.1, -0.05) is 37.3 Å². The topological polar surface area (TPSA) is 76.0 Å². The summed E-state index contributed by atoms with van der Waals surface area (Å²) in [7, 11) is 0. The number of carbonyl (C=O) groups is 2. The number of rotatable bonds is 7. The molecule has 1 aromatic heterocycles. The van der Waals surface area contributed by atoms with E-state index in [0.29, 0.717) is 24.3 Å². The van der Waals surface area contributed by atoms with Crippen LogP contribution in [0.4, 0.5) is 0 Å². The third-order valence-corrected chi connectivity index (χ3v) is 4.07. The van der Waals surface area contributed by atoms with Crippen molar-refractivity contribution in [2.75, 3.05) is 6.54 Å². The molecule has 0 bridgehead atoms. The third-order valence-electron chi connectivity index (χ3n) is 4.07. The normalized spacial score (nSPS) is 11.8. The molecule has 1 heterocycles. The van der Waals surface area contributed by atoms with Crippen molar-refractivity contribution < 1.29 is 9.59 Å². The van der Waals surface area contributed by atoms with Crippen molar-refractivity contribution in [3.05, 3.63) is 52.8 Å². The van der Waals surface area contributed by atoms with Gasteiger partial charge < -0.3 is 10.6 Å². The molecule has 1 aromatic carbocycles. The van der Waals surface area contributed by atoms with Crippen molar-refractivity contribution in [1.29, 1.82) is 0 Å². The van der Waals surface area contributed by atoms with Crippen LogP contribution in [0.25, 0.3) is 0 Å². The third kappa shape index (κ3) is 4.68. The monoisotopic (exact) mass is 342 g/mol. The molecule has 0 aliphatic rings. The largest absolute Gasteiger partial charge is 0.354 e. The van der Waals surface area contributed by atoms with E-state index >= 15 is 0 Å². The molecule has 25 heavy (non-hydrogen) atoms. The number of nitrogens with zero attached hydrogens (tertiary/aromatic N) is 2. The van der Waals surface area contributed by atoms with Crippen LogP contribution < -0.4 is 10.6 Å². The van der Waals surface area contributed by atoms with Gasteiger partial charge >= 0.3 is 0 Å². The molecular weight excluding hydrogens is 316 g/mol. The Kier molecular flexibility index (Phi) is 6.33. The summed E-state index contributed by atoms with van der Waals surface area (Å²) in [6, 6.07) is 9.38. The lowest BCUT2D eigenvalue weighted by atomic mass is 10.1. The van der Waals surface area contributed by atoms with Crippen LogP contribution in [0.1, 0.15) is 47.6 Å². The zero-order valence-electron chi connectivity index (χ0n) is 15.3. The average Bonchev–Trinajstić information content (AvgIpc) is 2.87. The van der Waals surface area contributed by atoms with Gasteiger partial charge in [0, 0.05) is 12.2 Å². The summed E-state index contributed by atoms with van der Waals surface area (Å²) in [5, 5.41) is 10.0. The number of aromatic nitrogens is 2. The molecule has 0 saturated heterocycles. The molecule has 1 atom stereocenters. The molecule has 2 aromatic rings. The summed E-state index contributed by atoms with van der Waals surface area (Å²) >= 11 is 0. The maximum Gasteiger partial charge on any atom is 0.255 e. The number of nitrogens with one attached hydrogen (secondary N) is 2. The van der Waals surface area contributed by atoms with E-state index in [2.05, 4.69) is 15.7 Å². The highest BCUT2D eigenvalue weighted by Gasteiger charge is 2.22. The quantitative estimate of drug-likeness (QED) is 0.810. The van der Waals surface area contributed by atoms with E-state index in [0.717, 1.165) is 17.7 Å². The molecule has 0 aliphatic heterocycles. The minimum atomic E-state index is -0.588. The fourth-order valence-electron chi connectivity index (χ4n) is 2.67. The first-order valence-corrected chi connectivity index (χ1v) is 8.60. The maximum absolute atomic E-state index is 12.6. The summed E-state index contributed by atoms with van der Waals surface area (Å²) in [5.41, 5.74) is 3.10. The van der Waals surface area contributed by atoms with Gasteiger partial charge in [-0.3, -0.25) is 14.3 Å². The highest BCUT2D eigenvalue weighted by atomic mass is 16.2. The van der Waals surface area contributed by atoms with Crippen LogP contribution in [-0.4, -0.2) is 34.2 Å². The van der Waals surface area contributed by atoms with Crippen molar-refractivity contribution in [1.82, 2.24) is 20.4 Å². The Morgan fingerprint density at radius 2 is 1.88 bits per heavy atom. The van der Waals surface area contributed by atoms with Crippen molar-refractivity contribution in [2.45, 2.75) is 46.7 Å². The molecule has 0 saturated carbocycles. The standard InChI is InChI=1S/C19H26N4O2/c1-5-11-20-18(24)14(3)21-19(25)17-13(2)22-23(15(17)4)12-16-9-7-6-8-10-16/h6-10,14H,5,11-12H2,1-4H3,(H,20,24)(H,21,25)/t14-/m0/s1. The zero-order valence-corrected chi connectivity index (χ0v) is 15.3. The van der Waals surface area contributed by atoms with Crippen molar-refractivity contribution in [2.24, 2.45) is 0 Å². The fourth-order valence-corrected chi connectivity index (χ4v) is 2.67. The van der Waals surface area contributed by atoms with E-state index in [1.165, 1.54) is 0 Å². The predicted octanol–water partition coefficient (Wildman–Crippen LogP) is 2.19. The maximum atomic E-state index is 12.6. The first kappa shape index (κ1) is 18.7. The number of hydrogen-bond donors (Lipinski definition) is 2. The number of aryl methyl sites for hydroxylation is 1. The van der Waals surface area contributed by atoms with Crippen LogP contribution >= 0.6 is 0 Å². The number of benzene rings is 1. The SMILES string of the molecule is CCCNC(=O)[C@H](C)NC(=O)c1c(C)nn(Cc2ccccc2)c1C. The van der Waals surface area contributed by atoms with Gasteiger partial charge in [0.2, 0.25) is 5.91 Å². The highest BCUT2D eigenvalue weighted by molar-refractivity contribution is 5.99. The Morgan fingerprint density at radius 1 is 1.20 bits per heavy atom. The summed E-state index contributed by atoms with van der Waals surface area (Å²) in [6.07, 6.45) is 0.858.